The van der Waals surface area contributed by atoms with Gasteiger partial charge in [-0.3, -0.25) is 14.5 Å². The lowest BCUT2D eigenvalue weighted by molar-refractivity contribution is -0.140. The molecule has 1 aliphatic heterocycles. The van der Waals surface area contributed by atoms with Gasteiger partial charge in [0.25, 0.3) is 0 Å². The average Bonchev–Trinajstić information content (AvgIpc) is 3.06. The molecule has 0 fully saturated rings. The van der Waals surface area contributed by atoms with Crippen molar-refractivity contribution in [3.8, 4) is 0 Å². The zero-order valence-corrected chi connectivity index (χ0v) is 14.9. The standard InChI is InChI=1S/C21H22N2O4/c22-16(19(24)12-14-6-2-1-3-7-14)10-11-20(25)23-17-9-5-4-8-15(17)13-18(23)21(26)27/h1-9,16,18H,10-13,22H2,(H,26,27)/t16-,18+/m1/s1. The minimum absolute atomic E-state index is 0.0276. The number of hydrogen-bond acceptors (Lipinski definition) is 4. The third kappa shape index (κ3) is 4.23. The molecule has 0 unspecified atom stereocenters. The van der Waals surface area contributed by atoms with Crippen LogP contribution in [0.1, 0.15) is 24.0 Å². The van der Waals surface area contributed by atoms with E-state index in [0.717, 1.165) is 11.1 Å². The topological polar surface area (TPSA) is 101 Å². The number of hydrogen-bond donors (Lipinski definition) is 2. The number of aliphatic carboxylic acids is 1. The average molecular weight is 366 g/mol. The zero-order valence-electron chi connectivity index (χ0n) is 14.9. The lowest BCUT2D eigenvalue weighted by Crippen LogP contribution is -2.43. The van der Waals surface area contributed by atoms with Crippen molar-refractivity contribution >= 4 is 23.3 Å². The van der Waals surface area contributed by atoms with Crippen LogP contribution < -0.4 is 10.6 Å². The fourth-order valence-electron chi connectivity index (χ4n) is 3.38. The third-order valence-electron chi connectivity index (χ3n) is 4.83. The molecule has 6 nitrogen and oxygen atoms in total. The molecule has 3 rings (SSSR count). The summed E-state index contributed by atoms with van der Waals surface area (Å²) in [5.41, 5.74) is 8.30. The lowest BCUT2D eigenvalue weighted by Gasteiger charge is -2.23. The van der Waals surface area contributed by atoms with E-state index in [2.05, 4.69) is 0 Å². The summed E-state index contributed by atoms with van der Waals surface area (Å²) in [5.74, 6) is -1.50. The van der Waals surface area contributed by atoms with Crippen LogP contribution in [-0.2, 0) is 27.2 Å². The van der Waals surface area contributed by atoms with E-state index in [9.17, 15) is 19.5 Å². The van der Waals surface area contributed by atoms with Crippen molar-refractivity contribution in [3.05, 3.63) is 65.7 Å². The maximum absolute atomic E-state index is 12.7. The fourth-order valence-corrected chi connectivity index (χ4v) is 3.38. The van der Waals surface area contributed by atoms with Crippen LogP contribution >= 0.6 is 0 Å². The first-order valence-corrected chi connectivity index (χ1v) is 8.92. The highest BCUT2D eigenvalue weighted by Gasteiger charge is 2.38. The van der Waals surface area contributed by atoms with Crippen LogP contribution in [0.3, 0.4) is 0 Å². The molecule has 0 saturated heterocycles. The number of nitrogens with zero attached hydrogens (tertiary/aromatic N) is 1. The molecule has 3 N–H and O–H groups in total. The fraction of sp³-hybridized carbons (Fsp3) is 0.286. The molecule has 1 amide bonds. The van der Waals surface area contributed by atoms with Crippen LogP contribution in [0.5, 0.6) is 0 Å². The lowest BCUT2D eigenvalue weighted by atomic mass is 10.0. The van der Waals surface area contributed by atoms with Crippen molar-refractivity contribution in [2.75, 3.05) is 4.90 Å². The molecule has 0 aromatic heterocycles. The number of fused-ring (bicyclic) bond motifs is 1. The number of rotatable bonds is 7. The molecular formula is C21H22N2O4. The van der Waals surface area contributed by atoms with Gasteiger partial charge < -0.3 is 10.8 Å². The molecule has 140 valence electrons. The Balaban J connectivity index is 1.62. The number of Topliss-reactive ketones (excluding diaryl/α,β-unsaturated/α-hetero) is 1. The van der Waals surface area contributed by atoms with E-state index >= 15 is 0 Å². The Morgan fingerprint density at radius 2 is 1.74 bits per heavy atom. The van der Waals surface area contributed by atoms with Crippen LogP contribution in [0.2, 0.25) is 0 Å². The molecular weight excluding hydrogens is 344 g/mol. The van der Waals surface area contributed by atoms with Crippen LogP contribution in [-0.4, -0.2) is 34.8 Å². The molecule has 0 aliphatic carbocycles. The summed E-state index contributed by atoms with van der Waals surface area (Å²) in [7, 11) is 0. The van der Waals surface area contributed by atoms with Crippen molar-refractivity contribution in [3.63, 3.8) is 0 Å². The van der Waals surface area contributed by atoms with E-state index in [1.54, 1.807) is 12.1 Å². The summed E-state index contributed by atoms with van der Waals surface area (Å²) in [6.07, 6.45) is 0.728. The Labute approximate surface area is 157 Å². The maximum atomic E-state index is 12.7. The van der Waals surface area contributed by atoms with E-state index in [4.69, 9.17) is 5.73 Å². The van der Waals surface area contributed by atoms with Gasteiger partial charge in [0.15, 0.2) is 5.78 Å². The molecule has 0 saturated carbocycles. The number of para-hydroxylation sites is 1. The van der Waals surface area contributed by atoms with E-state index in [1.807, 2.05) is 42.5 Å². The first kappa shape index (κ1) is 18.8. The van der Waals surface area contributed by atoms with Crippen LogP contribution in [0.25, 0.3) is 0 Å². The number of nitrogens with two attached hydrogens (primary N) is 1. The Morgan fingerprint density at radius 3 is 2.44 bits per heavy atom. The Kier molecular flexibility index (Phi) is 5.66. The molecule has 6 heteroatoms. The minimum Gasteiger partial charge on any atom is -0.480 e. The number of carboxylic acids is 1. The highest BCUT2D eigenvalue weighted by atomic mass is 16.4. The number of carboxylic acid groups (broad SMARTS) is 1. The summed E-state index contributed by atoms with van der Waals surface area (Å²) >= 11 is 0. The molecule has 1 heterocycles. The second-order valence-electron chi connectivity index (χ2n) is 6.72. The summed E-state index contributed by atoms with van der Waals surface area (Å²) in [6.45, 7) is 0. The molecule has 1 aliphatic rings. The van der Waals surface area contributed by atoms with Gasteiger partial charge in [-0.15, -0.1) is 0 Å². The van der Waals surface area contributed by atoms with Gasteiger partial charge in [-0.2, -0.15) is 0 Å². The molecule has 0 bridgehead atoms. The zero-order chi connectivity index (χ0) is 19.4. The van der Waals surface area contributed by atoms with Crippen molar-refractivity contribution < 1.29 is 19.5 Å². The Bertz CT molecular complexity index is 850. The van der Waals surface area contributed by atoms with E-state index in [0.29, 0.717) is 5.69 Å². The first-order chi connectivity index (χ1) is 13.0. The molecule has 0 radical (unpaired) electrons. The number of ketones is 1. The largest absolute Gasteiger partial charge is 0.480 e. The smallest absolute Gasteiger partial charge is 0.327 e. The molecule has 2 atom stereocenters. The van der Waals surface area contributed by atoms with E-state index in [1.165, 1.54) is 4.90 Å². The number of benzene rings is 2. The third-order valence-corrected chi connectivity index (χ3v) is 4.83. The normalized spacial score (nSPS) is 16.6. The molecule has 27 heavy (non-hydrogen) atoms. The SMILES string of the molecule is N[C@H](CCC(=O)N1c2ccccc2C[C@H]1C(=O)O)C(=O)Cc1ccccc1. The van der Waals surface area contributed by atoms with Crippen molar-refractivity contribution in [1.29, 1.82) is 0 Å². The Morgan fingerprint density at radius 1 is 1.07 bits per heavy atom. The predicted molar refractivity (Wildman–Crippen MR) is 101 cm³/mol. The van der Waals surface area contributed by atoms with Crippen molar-refractivity contribution in [2.45, 2.75) is 37.8 Å². The second-order valence-corrected chi connectivity index (χ2v) is 6.72. The van der Waals surface area contributed by atoms with E-state index in [-0.39, 0.29) is 37.4 Å². The summed E-state index contributed by atoms with van der Waals surface area (Å²) in [6, 6.07) is 14.8. The number of carbonyl (C=O) groups excluding carboxylic acids is 2. The first-order valence-electron chi connectivity index (χ1n) is 8.92. The minimum atomic E-state index is -1.04. The highest BCUT2D eigenvalue weighted by molar-refractivity contribution is 6.02. The van der Waals surface area contributed by atoms with Crippen molar-refractivity contribution in [2.24, 2.45) is 5.73 Å². The molecule has 2 aromatic carbocycles. The van der Waals surface area contributed by atoms with Gasteiger partial charge in [-0.1, -0.05) is 48.5 Å². The van der Waals surface area contributed by atoms with Crippen LogP contribution in [0, 0.1) is 0 Å². The van der Waals surface area contributed by atoms with Gasteiger partial charge in [0.1, 0.15) is 6.04 Å². The molecule has 0 spiro atoms. The van der Waals surface area contributed by atoms with Gasteiger partial charge in [0, 0.05) is 24.9 Å². The van der Waals surface area contributed by atoms with Crippen molar-refractivity contribution in [1.82, 2.24) is 0 Å². The second kappa shape index (κ2) is 8.14. The predicted octanol–water partition coefficient (Wildman–Crippen LogP) is 1.95. The maximum Gasteiger partial charge on any atom is 0.327 e. The Hall–Kier alpha value is -2.99. The van der Waals surface area contributed by atoms with Crippen LogP contribution in [0.4, 0.5) is 5.69 Å². The van der Waals surface area contributed by atoms with Crippen LogP contribution in [0.15, 0.2) is 54.6 Å². The van der Waals surface area contributed by atoms with Gasteiger partial charge >= 0.3 is 5.97 Å². The highest BCUT2D eigenvalue weighted by Crippen LogP contribution is 2.32. The van der Waals surface area contributed by atoms with E-state index < -0.39 is 18.1 Å². The number of anilines is 1. The van der Waals surface area contributed by atoms with Gasteiger partial charge in [-0.05, 0) is 23.6 Å². The molecule has 2 aromatic rings. The summed E-state index contributed by atoms with van der Waals surface area (Å²) < 4.78 is 0. The summed E-state index contributed by atoms with van der Waals surface area (Å²) in [5, 5.41) is 9.46. The monoisotopic (exact) mass is 366 g/mol. The number of carbonyl (C=O) groups is 3. The summed E-state index contributed by atoms with van der Waals surface area (Å²) in [4.78, 5) is 37.9. The number of amides is 1. The van der Waals surface area contributed by atoms with Gasteiger partial charge in [-0.25, -0.2) is 4.79 Å². The quantitative estimate of drug-likeness (QED) is 0.780. The van der Waals surface area contributed by atoms with Gasteiger partial charge in [0.05, 0.1) is 6.04 Å². The van der Waals surface area contributed by atoms with Gasteiger partial charge in [0.2, 0.25) is 5.91 Å².